The Bertz CT molecular complexity index is 549. The number of amides is 1. The molecule has 0 bridgehead atoms. The molecule has 0 unspecified atom stereocenters. The Balaban J connectivity index is 1.93. The fraction of sp³-hybridized carbons (Fsp3) is 0.235. The lowest BCUT2D eigenvalue weighted by molar-refractivity contribution is -0.402. The average Bonchev–Trinajstić information content (AvgIpc) is 2.49. The van der Waals surface area contributed by atoms with E-state index in [1.807, 2.05) is 54.6 Å². The highest BCUT2D eigenvalue weighted by Crippen LogP contribution is 2.10. The summed E-state index contributed by atoms with van der Waals surface area (Å²) >= 11 is 0. The van der Waals surface area contributed by atoms with E-state index < -0.39 is 0 Å². The Morgan fingerprint density at radius 3 is 2.30 bits per heavy atom. The summed E-state index contributed by atoms with van der Waals surface area (Å²) in [4.78, 5) is 12.1. The molecule has 0 saturated heterocycles. The maximum Gasteiger partial charge on any atom is 0.282 e. The molecule has 3 nitrogen and oxygen atoms in total. The molecule has 0 spiro atoms. The van der Waals surface area contributed by atoms with Gasteiger partial charge in [0.15, 0.2) is 6.04 Å². The minimum atomic E-state index is -0.289. The van der Waals surface area contributed by atoms with Gasteiger partial charge in [-0.1, -0.05) is 49.4 Å². The van der Waals surface area contributed by atoms with Gasteiger partial charge in [0.25, 0.3) is 5.91 Å². The number of anilines is 1. The van der Waals surface area contributed by atoms with Crippen LogP contribution in [0.5, 0.6) is 0 Å². The second-order valence-corrected chi connectivity index (χ2v) is 4.93. The third-order valence-corrected chi connectivity index (χ3v) is 3.33. The van der Waals surface area contributed by atoms with E-state index in [2.05, 4.69) is 18.0 Å². The lowest BCUT2D eigenvalue weighted by Crippen LogP contribution is -2.67. The number of quaternary nitrogens is 1. The average molecular weight is 269 g/mol. The Hall–Kier alpha value is -2.13. The molecule has 104 valence electrons. The molecule has 0 saturated carbocycles. The van der Waals surface area contributed by atoms with Gasteiger partial charge in [0.1, 0.15) is 0 Å². The molecule has 2 rings (SSSR count). The number of rotatable bonds is 5. The van der Waals surface area contributed by atoms with Crippen LogP contribution in [0.2, 0.25) is 0 Å². The molecule has 0 fully saturated rings. The van der Waals surface area contributed by atoms with Crippen LogP contribution in [0.25, 0.3) is 0 Å². The molecule has 0 aliphatic rings. The first kappa shape index (κ1) is 14.3. The zero-order valence-electron chi connectivity index (χ0n) is 11.8. The van der Waals surface area contributed by atoms with Crippen molar-refractivity contribution in [3.05, 3.63) is 65.7 Å². The summed E-state index contributed by atoms with van der Waals surface area (Å²) in [6.07, 6.45) is 1.65. The van der Waals surface area contributed by atoms with E-state index in [1.54, 1.807) is 0 Å². The molecule has 2 aromatic rings. The predicted octanol–water partition coefficient (Wildman–Crippen LogP) is 2.04. The van der Waals surface area contributed by atoms with Crippen LogP contribution in [-0.4, -0.2) is 11.9 Å². The third-order valence-electron chi connectivity index (χ3n) is 3.33. The van der Waals surface area contributed by atoms with Crippen LogP contribution in [0.15, 0.2) is 54.6 Å². The highest BCUT2D eigenvalue weighted by Gasteiger charge is 2.17. The van der Waals surface area contributed by atoms with E-state index in [0.717, 1.165) is 17.7 Å². The molecule has 0 aliphatic carbocycles. The van der Waals surface area contributed by atoms with Crippen molar-refractivity contribution < 1.29 is 10.5 Å². The predicted molar refractivity (Wildman–Crippen MR) is 81.3 cm³/mol. The summed E-state index contributed by atoms with van der Waals surface area (Å²) in [6, 6.07) is 17.6. The second-order valence-electron chi connectivity index (χ2n) is 4.93. The van der Waals surface area contributed by atoms with Crippen molar-refractivity contribution in [2.45, 2.75) is 25.8 Å². The lowest BCUT2D eigenvalue weighted by Gasteiger charge is -2.10. The molecule has 3 heteroatoms. The van der Waals surface area contributed by atoms with E-state index >= 15 is 0 Å². The molecule has 1 atom stereocenters. The first-order valence-electron chi connectivity index (χ1n) is 6.96. The molecule has 4 N–H and O–H groups in total. The number of aryl methyl sites for hydroxylation is 1. The summed E-state index contributed by atoms with van der Waals surface area (Å²) in [5, 5.41) is 2.91. The van der Waals surface area contributed by atoms with Gasteiger partial charge >= 0.3 is 0 Å². The van der Waals surface area contributed by atoms with Crippen molar-refractivity contribution in [2.24, 2.45) is 0 Å². The van der Waals surface area contributed by atoms with Crippen LogP contribution in [0, 0.1) is 0 Å². The molecular formula is C17H21N2O+. The normalized spacial score (nSPS) is 11.9. The molecular weight excluding hydrogens is 248 g/mol. The minimum Gasteiger partial charge on any atom is -0.347 e. The number of carbonyl (C=O) groups excluding carboxylic acids is 1. The van der Waals surface area contributed by atoms with Gasteiger partial charge in [-0.15, -0.1) is 0 Å². The summed E-state index contributed by atoms with van der Waals surface area (Å²) in [7, 11) is 0. The van der Waals surface area contributed by atoms with Crippen molar-refractivity contribution in [1.82, 2.24) is 0 Å². The third kappa shape index (κ3) is 3.93. The molecule has 2 aromatic carbocycles. The highest BCUT2D eigenvalue weighted by molar-refractivity contribution is 5.93. The first-order valence-corrected chi connectivity index (χ1v) is 6.96. The van der Waals surface area contributed by atoms with Gasteiger partial charge in [0.2, 0.25) is 0 Å². The highest BCUT2D eigenvalue weighted by atomic mass is 16.2. The van der Waals surface area contributed by atoms with Crippen LogP contribution in [-0.2, 0) is 17.6 Å². The zero-order chi connectivity index (χ0) is 14.4. The number of benzene rings is 2. The monoisotopic (exact) mass is 269 g/mol. The van der Waals surface area contributed by atoms with Gasteiger partial charge in [0, 0.05) is 12.1 Å². The fourth-order valence-electron chi connectivity index (χ4n) is 2.06. The Morgan fingerprint density at radius 1 is 1.05 bits per heavy atom. The van der Waals surface area contributed by atoms with Gasteiger partial charge in [-0.05, 0) is 29.7 Å². The van der Waals surface area contributed by atoms with E-state index in [4.69, 9.17) is 0 Å². The molecule has 0 aromatic heterocycles. The first-order chi connectivity index (χ1) is 9.69. The van der Waals surface area contributed by atoms with E-state index in [-0.39, 0.29) is 11.9 Å². The van der Waals surface area contributed by atoms with E-state index in [0.29, 0.717) is 6.42 Å². The maximum atomic E-state index is 12.1. The Kier molecular flexibility index (Phi) is 4.91. The smallest absolute Gasteiger partial charge is 0.282 e. The standard InChI is InChI=1S/C17H20N2O/c1-2-13-8-10-15(11-9-13)19-17(20)16(18)12-14-6-4-3-5-7-14/h3-11,16H,2,12,18H2,1H3,(H,19,20)/p+1/t16-/m1/s1. The van der Waals surface area contributed by atoms with Gasteiger partial charge < -0.3 is 11.1 Å². The summed E-state index contributed by atoms with van der Waals surface area (Å²) in [5.74, 6) is -0.0434. The van der Waals surface area contributed by atoms with E-state index in [9.17, 15) is 4.79 Å². The van der Waals surface area contributed by atoms with Gasteiger partial charge in [-0.25, -0.2) is 0 Å². The molecule has 0 heterocycles. The summed E-state index contributed by atoms with van der Waals surface area (Å²) in [6.45, 7) is 2.11. The van der Waals surface area contributed by atoms with Crippen LogP contribution in [0.3, 0.4) is 0 Å². The number of carbonyl (C=O) groups is 1. The fourth-order valence-corrected chi connectivity index (χ4v) is 2.06. The van der Waals surface area contributed by atoms with Crippen molar-refractivity contribution in [3.63, 3.8) is 0 Å². The van der Waals surface area contributed by atoms with Gasteiger partial charge in [-0.3, -0.25) is 4.79 Å². The lowest BCUT2D eigenvalue weighted by atomic mass is 10.1. The van der Waals surface area contributed by atoms with Gasteiger partial charge in [-0.2, -0.15) is 0 Å². The minimum absolute atomic E-state index is 0.0434. The maximum absolute atomic E-state index is 12.1. The largest absolute Gasteiger partial charge is 0.347 e. The number of hydrogen-bond donors (Lipinski definition) is 2. The van der Waals surface area contributed by atoms with E-state index in [1.165, 1.54) is 5.56 Å². The van der Waals surface area contributed by atoms with Crippen molar-refractivity contribution in [1.29, 1.82) is 0 Å². The van der Waals surface area contributed by atoms with Crippen LogP contribution in [0.4, 0.5) is 5.69 Å². The number of nitrogens with one attached hydrogen (secondary N) is 1. The Labute approximate surface area is 119 Å². The topological polar surface area (TPSA) is 56.7 Å². The van der Waals surface area contributed by atoms with Crippen LogP contribution >= 0.6 is 0 Å². The molecule has 1 amide bonds. The summed E-state index contributed by atoms with van der Waals surface area (Å²) in [5.41, 5.74) is 7.17. The van der Waals surface area contributed by atoms with Crippen molar-refractivity contribution >= 4 is 11.6 Å². The van der Waals surface area contributed by atoms with Crippen molar-refractivity contribution in [2.75, 3.05) is 5.32 Å². The quantitative estimate of drug-likeness (QED) is 0.857. The van der Waals surface area contributed by atoms with Crippen LogP contribution in [0.1, 0.15) is 18.1 Å². The second kappa shape index (κ2) is 6.87. The molecule has 0 aliphatic heterocycles. The van der Waals surface area contributed by atoms with Crippen molar-refractivity contribution in [3.8, 4) is 0 Å². The van der Waals surface area contributed by atoms with Crippen LogP contribution < -0.4 is 11.1 Å². The summed E-state index contributed by atoms with van der Waals surface area (Å²) < 4.78 is 0. The zero-order valence-corrected chi connectivity index (χ0v) is 11.8. The number of hydrogen-bond acceptors (Lipinski definition) is 1. The SMILES string of the molecule is CCc1ccc(NC(=O)[C@H]([NH3+])Cc2ccccc2)cc1. The Morgan fingerprint density at radius 2 is 1.70 bits per heavy atom. The molecule has 20 heavy (non-hydrogen) atoms. The molecule has 0 radical (unpaired) electrons. The van der Waals surface area contributed by atoms with Gasteiger partial charge in [0.05, 0.1) is 0 Å².